The van der Waals surface area contributed by atoms with Gasteiger partial charge in [0.05, 0.1) is 6.42 Å². The summed E-state index contributed by atoms with van der Waals surface area (Å²) in [5.74, 6) is -0.131. The molecular formula is C25H31ClN2O2. The summed E-state index contributed by atoms with van der Waals surface area (Å²) in [6.07, 6.45) is 4.62. The van der Waals surface area contributed by atoms with Gasteiger partial charge >= 0.3 is 0 Å². The average molecular weight is 427 g/mol. The van der Waals surface area contributed by atoms with Crippen LogP contribution in [0.15, 0.2) is 42.5 Å². The highest BCUT2D eigenvalue weighted by molar-refractivity contribution is 6.30. The molecule has 0 aromatic heterocycles. The second-order valence-electron chi connectivity index (χ2n) is 8.49. The summed E-state index contributed by atoms with van der Waals surface area (Å²) >= 11 is 6.01. The standard InChI is InChI=1S/C25H31ClN2O2/c1-17-12-18(2)14-21(13-17)15-24(29)28(16-20-8-10-22(26)11-9-20)19(3)25(30)27-23-6-4-5-7-23/h8-14,19,23H,4-7,15-16H2,1-3H3,(H,27,30)/t19-/m0/s1. The lowest BCUT2D eigenvalue weighted by Gasteiger charge is -2.30. The number of benzene rings is 2. The highest BCUT2D eigenvalue weighted by Crippen LogP contribution is 2.20. The van der Waals surface area contributed by atoms with Crippen molar-refractivity contribution in [1.82, 2.24) is 10.2 Å². The quantitative estimate of drug-likeness (QED) is 0.679. The number of aryl methyl sites for hydroxylation is 2. The van der Waals surface area contributed by atoms with Crippen LogP contribution in [0, 0.1) is 13.8 Å². The van der Waals surface area contributed by atoms with Gasteiger partial charge in [0.25, 0.3) is 0 Å². The minimum Gasteiger partial charge on any atom is -0.352 e. The summed E-state index contributed by atoms with van der Waals surface area (Å²) in [6, 6.07) is 13.3. The fraction of sp³-hybridized carbons (Fsp3) is 0.440. The molecule has 0 bridgehead atoms. The number of hydrogen-bond donors (Lipinski definition) is 1. The molecule has 0 saturated heterocycles. The summed E-state index contributed by atoms with van der Waals surface area (Å²) in [7, 11) is 0. The number of hydrogen-bond acceptors (Lipinski definition) is 2. The second-order valence-corrected chi connectivity index (χ2v) is 8.92. The molecule has 5 heteroatoms. The lowest BCUT2D eigenvalue weighted by Crippen LogP contribution is -2.50. The van der Waals surface area contributed by atoms with E-state index in [9.17, 15) is 9.59 Å². The third-order valence-electron chi connectivity index (χ3n) is 5.77. The minimum absolute atomic E-state index is 0.0518. The summed E-state index contributed by atoms with van der Waals surface area (Å²) in [6.45, 7) is 6.26. The van der Waals surface area contributed by atoms with Gasteiger partial charge in [0.15, 0.2) is 0 Å². The van der Waals surface area contributed by atoms with Crippen LogP contribution in [0.25, 0.3) is 0 Å². The first-order valence-electron chi connectivity index (χ1n) is 10.7. The van der Waals surface area contributed by atoms with Crippen LogP contribution < -0.4 is 5.32 Å². The first kappa shape index (κ1) is 22.4. The van der Waals surface area contributed by atoms with E-state index in [4.69, 9.17) is 11.6 Å². The molecular weight excluding hydrogens is 396 g/mol. The van der Waals surface area contributed by atoms with Crippen LogP contribution in [0.5, 0.6) is 0 Å². The van der Waals surface area contributed by atoms with Gasteiger partial charge < -0.3 is 10.2 Å². The highest BCUT2D eigenvalue weighted by atomic mass is 35.5. The van der Waals surface area contributed by atoms with Crippen LogP contribution >= 0.6 is 11.6 Å². The molecule has 0 aliphatic heterocycles. The molecule has 4 nitrogen and oxygen atoms in total. The smallest absolute Gasteiger partial charge is 0.242 e. The molecule has 1 fully saturated rings. The third-order valence-corrected chi connectivity index (χ3v) is 6.02. The fourth-order valence-corrected chi connectivity index (χ4v) is 4.33. The average Bonchev–Trinajstić information content (AvgIpc) is 3.19. The topological polar surface area (TPSA) is 49.4 Å². The second kappa shape index (κ2) is 10.1. The summed E-state index contributed by atoms with van der Waals surface area (Å²) in [4.78, 5) is 27.9. The molecule has 1 aliphatic carbocycles. The maximum absolute atomic E-state index is 13.3. The molecule has 0 heterocycles. The molecule has 1 N–H and O–H groups in total. The first-order valence-corrected chi connectivity index (χ1v) is 11.1. The van der Waals surface area contributed by atoms with Gasteiger partial charge in [-0.2, -0.15) is 0 Å². The van der Waals surface area contributed by atoms with Crippen LogP contribution in [0.1, 0.15) is 54.9 Å². The Morgan fingerprint density at radius 2 is 1.63 bits per heavy atom. The van der Waals surface area contributed by atoms with E-state index in [1.807, 2.05) is 57.2 Å². The Hall–Kier alpha value is -2.33. The van der Waals surface area contributed by atoms with Gasteiger partial charge in [-0.1, -0.05) is 65.9 Å². The predicted octanol–water partition coefficient (Wildman–Crippen LogP) is 4.98. The van der Waals surface area contributed by atoms with Crippen LogP contribution in [0.4, 0.5) is 0 Å². The van der Waals surface area contributed by atoms with Gasteiger partial charge in [-0.15, -0.1) is 0 Å². The van der Waals surface area contributed by atoms with Gasteiger partial charge in [-0.3, -0.25) is 9.59 Å². The van der Waals surface area contributed by atoms with Crippen LogP contribution in [0.2, 0.25) is 5.02 Å². The van der Waals surface area contributed by atoms with Crippen molar-refractivity contribution in [3.05, 3.63) is 69.7 Å². The Bertz CT molecular complexity index is 868. The molecule has 2 aromatic carbocycles. The fourth-order valence-electron chi connectivity index (χ4n) is 4.21. The Morgan fingerprint density at radius 3 is 2.23 bits per heavy atom. The number of rotatable bonds is 7. The predicted molar refractivity (Wildman–Crippen MR) is 121 cm³/mol. The Kier molecular flexibility index (Phi) is 7.54. The van der Waals surface area contributed by atoms with Gasteiger partial charge in [0.1, 0.15) is 6.04 Å². The monoisotopic (exact) mass is 426 g/mol. The lowest BCUT2D eigenvalue weighted by molar-refractivity contribution is -0.140. The molecule has 160 valence electrons. The molecule has 3 rings (SSSR count). The van der Waals surface area contributed by atoms with E-state index in [1.165, 1.54) is 0 Å². The van der Waals surface area contributed by atoms with Gasteiger partial charge in [-0.05, 0) is 56.9 Å². The van der Waals surface area contributed by atoms with E-state index >= 15 is 0 Å². The number of carbonyl (C=O) groups is 2. The molecule has 2 amide bonds. The number of nitrogens with zero attached hydrogens (tertiary/aromatic N) is 1. The molecule has 1 atom stereocenters. The van der Waals surface area contributed by atoms with Crippen molar-refractivity contribution in [2.75, 3.05) is 0 Å². The van der Waals surface area contributed by atoms with E-state index in [0.29, 0.717) is 11.6 Å². The maximum atomic E-state index is 13.3. The minimum atomic E-state index is -0.542. The Balaban J connectivity index is 1.78. The third kappa shape index (κ3) is 6.09. The van der Waals surface area contributed by atoms with Gasteiger partial charge in [0, 0.05) is 17.6 Å². The maximum Gasteiger partial charge on any atom is 0.242 e. The zero-order valence-electron chi connectivity index (χ0n) is 18.1. The van der Waals surface area contributed by atoms with Gasteiger partial charge in [0.2, 0.25) is 11.8 Å². The SMILES string of the molecule is Cc1cc(C)cc(CC(=O)N(Cc2ccc(Cl)cc2)[C@@H](C)C(=O)NC2CCCC2)c1. The zero-order valence-corrected chi connectivity index (χ0v) is 18.8. The number of nitrogens with one attached hydrogen (secondary N) is 1. The van der Waals surface area contributed by atoms with Crippen molar-refractivity contribution in [3.63, 3.8) is 0 Å². The van der Waals surface area contributed by atoms with E-state index < -0.39 is 6.04 Å². The molecule has 0 radical (unpaired) electrons. The van der Waals surface area contributed by atoms with E-state index in [-0.39, 0.29) is 24.3 Å². The van der Waals surface area contributed by atoms with E-state index in [2.05, 4.69) is 11.4 Å². The van der Waals surface area contributed by atoms with Crippen molar-refractivity contribution in [2.45, 2.75) is 71.5 Å². The largest absolute Gasteiger partial charge is 0.352 e. The summed E-state index contributed by atoms with van der Waals surface area (Å²) < 4.78 is 0. The summed E-state index contributed by atoms with van der Waals surface area (Å²) in [5, 5.41) is 3.79. The molecule has 2 aromatic rings. The van der Waals surface area contributed by atoms with Gasteiger partial charge in [-0.25, -0.2) is 0 Å². The van der Waals surface area contributed by atoms with Crippen LogP contribution in [-0.2, 0) is 22.6 Å². The Morgan fingerprint density at radius 1 is 1.03 bits per heavy atom. The first-order chi connectivity index (χ1) is 14.3. The lowest BCUT2D eigenvalue weighted by atomic mass is 10.0. The zero-order chi connectivity index (χ0) is 21.7. The van der Waals surface area contributed by atoms with Crippen molar-refractivity contribution >= 4 is 23.4 Å². The molecule has 0 spiro atoms. The van der Waals surface area contributed by atoms with Crippen molar-refractivity contribution in [3.8, 4) is 0 Å². The Labute approximate surface area is 184 Å². The van der Waals surface area contributed by atoms with Crippen molar-refractivity contribution in [1.29, 1.82) is 0 Å². The summed E-state index contributed by atoms with van der Waals surface area (Å²) in [5.41, 5.74) is 4.19. The molecule has 1 saturated carbocycles. The van der Waals surface area contributed by atoms with Crippen LogP contribution in [0.3, 0.4) is 0 Å². The van der Waals surface area contributed by atoms with E-state index in [1.54, 1.807) is 4.90 Å². The van der Waals surface area contributed by atoms with Crippen molar-refractivity contribution < 1.29 is 9.59 Å². The van der Waals surface area contributed by atoms with Crippen molar-refractivity contribution in [2.24, 2.45) is 0 Å². The number of amides is 2. The normalized spacial score (nSPS) is 15.1. The van der Waals surface area contributed by atoms with Crippen LogP contribution in [-0.4, -0.2) is 28.8 Å². The highest BCUT2D eigenvalue weighted by Gasteiger charge is 2.28. The number of halogens is 1. The molecule has 0 unspecified atom stereocenters. The van der Waals surface area contributed by atoms with E-state index in [0.717, 1.165) is 47.9 Å². The molecule has 30 heavy (non-hydrogen) atoms. The number of carbonyl (C=O) groups excluding carboxylic acids is 2. The molecule has 1 aliphatic rings.